The van der Waals surface area contributed by atoms with Gasteiger partial charge < -0.3 is 4.90 Å². The number of hydrogen-bond donors (Lipinski definition) is 0. The van der Waals surface area contributed by atoms with Crippen LogP contribution in [0, 0.1) is 0 Å². The highest BCUT2D eigenvalue weighted by Crippen LogP contribution is 2.39. The number of hydrogen-bond acceptors (Lipinski definition) is 3. The number of carbonyl (C=O) groups excluding carboxylic acids is 1. The molecular weight excluding hydrogens is 286 g/mol. The number of fused-ring (bicyclic) bond motifs is 3. The van der Waals surface area contributed by atoms with E-state index in [1.807, 2.05) is 17.0 Å². The topological polar surface area (TPSA) is 26.8 Å². The molecule has 1 amide bonds. The minimum atomic E-state index is 0.175. The summed E-state index contributed by atoms with van der Waals surface area (Å²) < 4.78 is 0. The molecule has 0 bridgehead atoms. The Hall–Kier alpha value is -1.39. The molecule has 4 rings (SSSR count). The van der Waals surface area contributed by atoms with Crippen molar-refractivity contribution in [2.45, 2.75) is 51.4 Å². The Labute approximate surface area is 139 Å². The summed E-state index contributed by atoms with van der Waals surface area (Å²) in [7, 11) is 0. The van der Waals surface area contributed by atoms with Crippen LogP contribution in [-0.2, 0) is 0 Å². The van der Waals surface area contributed by atoms with E-state index in [1.165, 1.54) is 24.8 Å². The van der Waals surface area contributed by atoms with E-state index in [1.54, 1.807) is 0 Å². The molecule has 0 aromatic heterocycles. The fourth-order valence-electron chi connectivity index (χ4n) is 4.72. The molecule has 0 radical (unpaired) electrons. The van der Waals surface area contributed by atoms with E-state index in [0.29, 0.717) is 12.1 Å². The Kier molecular flexibility index (Phi) is 3.90. The molecule has 3 aliphatic rings. The summed E-state index contributed by atoms with van der Waals surface area (Å²) >= 11 is 0. The monoisotopic (exact) mass is 313 g/mol. The molecule has 3 aliphatic heterocycles. The summed E-state index contributed by atoms with van der Waals surface area (Å²) in [6.07, 6.45) is 4.18. The smallest absolute Gasteiger partial charge is 0.255 e. The highest BCUT2D eigenvalue weighted by atomic mass is 16.2. The van der Waals surface area contributed by atoms with Crippen molar-refractivity contribution < 1.29 is 4.79 Å². The number of amides is 1. The molecule has 23 heavy (non-hydrogen) atoms. The molecule has 3 atom stereocenters. The van der Waals surface area contributed by atoms with Crippen LogP contribution < -0.4 is 0 Å². The van der Waals surface area contributed by atoms with Gasteiger partial charge in [0.15, 0.2) is 0 Å². The molecule has 2 fully saturated rings. The zero-order valence-electron chi connectivity index (χ0n) is 14.2. The first-order valence-electron chi connectivity index (χ1n) is 9.06. The van der Waals surface area contributed by atoms with Crippen molar-refractivity contribution in [3.8, 4) is 0 Å². The van der Waals surface area contributed by atoms with Gasteiger partial charge in [-0.3, -0.25) is 14.6 Å². The first kappa shape index (κ1) is 15.2. The molecule has 2 saturated heterocycles. The molecule has 124 valence electrons. The van der Waals surface area contributed by atoms with Crippen LogP contribution >= 0.6 is 0 Å². The van der Waals surface area contributed by atoms with E-state index in [4.69, 9.17) is 0 Å². The summed E-state index contributed by atoms with van der Waals surface area (Å²) in [4.78, 5) is 19.7. The lowest BCUT2D eigenvalue weighted by molar-refractivity contribution is 0.0611. The molecular formula is C19H27N3O. The van der Waals surface area contributed by atoms with Gasteiger partial charge in [0.25, 0.3) is 5.91 Å². The van der Waals surface area contributed by atoms with Crippen molar-refractivity contribution >= 4 is 5.91 Å². The van der Waals surface area contributed by atoms with Crippen molar-refractivity contribution in [1.29, 1.82) is 0 Å². The molecule has 0 aliphatic carbocycles. The van der Waals surface area contributed by atoms with Crippen LogP contribution in [0.5, 0.6) is 0 Å². The molecule has 3 unspecified atom stereocenters. The van der Waals surface area contributed by atoms with Crippen molar-refractivity contribution in [2.24, 2.45) is 0 Å². The molecule has 0 saturated carbocycles. The van der Waals surface area contributed by atoms with Crippen molar-refractivity contribution in [2.75, 3.05) is 26.2 Å². The Bertz CT molecular complexity index is 592. The zero-order valence-corrected chi connectivity index (χ0v) is 14.2. The van der Waals surface area contributed by atoms with E-state index in [2.05, 4.69) is 35.8 Å². The largest absolute Gasteiger partial charge is 0.317 e. The highest BCUT2D eigenvalue weighted by Gasteiger charge is 2.43. The number of rotatable bonds is 3. The minimum Gasteiger partial charge on any atom is -0.317 e. The fourth-order valence-corrected chi connectivity index (χ4v) is 4.72. The molecule has 0 spiro atoms. The maximum Gasteiger partial charge on any atom is 0.255 e. The normalized spacial score (nSPS) is 31.5. The van der Waals surface area contributed by atoms with E-state index in [0.717, 1.165) is 31.7 Å². The van der Waals surface area contributed by atoms with Gasteiger partial charge in [-0.1, -0.05) is 24.6 Å². The molecule has 0 N–H and O–H groups in total. The Morgan fingerprint density at radius 1 is 1.04 bits per heavy atom. The maximum absolute atomic E-state index is 12.5. The molecule has 4 heteroatoms. The van der Waals surface area contributed by atoms with Gasteiger partial charge >= 0.3 is 0 Å². The van der Waals surface area contributed by atoms with Gasteiger partial charge in [0.1, 0.15) is 6.17 Å². The van der Waals surface area contributed by atoms with Crippen LogP contribution in [0.1, 0.15) is 55.2 Å². The first-order valence-corrected chi connectivity index (χ1v) is 9.06. The van der Waals surface area contributed by atoms with Gasteiger partial charge in [0.05, 0.1) is 0 Å². The number of nitrogens with zero attached hydrogens (tertiary/aromatic N) is 3. The number of likely N-dealkylation sites (tertiary alicyclic amines) is 1. The minimum absolute atomic E-state index is 0.175. The highest BCUT2D eigenvalue weighted by molar-refractivity contribution is 5.99. The van der Waals surface area contributed by atoms with Gasteiger partial charge in [-0.2, -0.15) is 0 Å². The quantitative estimate of drug-likeness (QED) is 0.858. The molecule has 1 aromatic carbocycles. The average molecular weight is 313 g/mol. The van der Waals surface area contributed by atoms with E-state index < -0.39 is 0 Å². The molecule has 1 aromatic rings. The van der Waals surface area contributed by atoms with Gasteiger partial charge in [-0.15, -0.1) is 0 Å². The number of carbonyl (C=O) groups is 1. The third-order valence-electron chi connectivity index (χ3n) is 6.02. The van der Waals surface area contributed by atoms with Crippen LogP contribution in [0.2, 0.25) is 0 Å². The summed E-state index contributed by atoms with van der Waals surface area (Å²) in [6, 6.07) is 9.51. The van der Waals surface area contributed by atoms with E-state index >= 15 is 0 Å². The number of piperidine rings is 1. The number of benzene rings is 1. The molecule has 4 nitrogen and oxygen atoms in total. The Morgan fingerprint density at radius 3 is 2.57 bits per heavy atom. The second kappa shape index (κ2) is 5.91. The van der Waals surface area contributed by atoms with Crippen molar-refractivity contribution in [3.05, 3.63) is 35.4 Å². The van der Waals surface area contributed by atoms with Crippen LogP contribution in [0.4, 0.5) is 0 Å². The second-order valence-electron chi connectivity index (χ2n) is 7.36. The Morgan fingerprint density at radius 2 is 1.78 bits per heavy atom. The van der Waals surface area contributed by atoms with Gasteiger partial charge in [-0.05, 0) is 32.8 Å². The lowest BCUT2D eigenvalue weighted by Gasteiger charge is -2.40. The lowest BCUT2D eigenvalue weighted by Crippen LogP contribution is -2.47. The fraction of sp³-hybridized carbons (Fsp3) is 0.632. The maximum atomic E-state index is 12.5. The zero-order chi connectivity index (χ0) is 16.0. The van der Waals surface area contributed by atoms with Crippen LogP contribution in [0.3, 0.4) is 0 Å². The van der Waals surface area contributed by atoms with E-state index in [-0.39, 0.29) is 12.1 Å². The summed E-state index contributed by atoms with van der Waals surface area (Å²) in [5.74, 6) is 0.216. The standard InChI is InChI=1S/C19H27N3O/c1-14-6-5-7-15(2)21(14)12-10-20-11-13-22-18(20)16-8-3-4-9-17(16)19(22)23/h3-4,8-9,14-15,18H,5-7,10-13H2,1-2H3. The van der Waals surface area contributed by atoms with Gasteiger partial charge in [0.2, 0.25) is 0 Å². The van der Waals surface area contributed by atoms with E-state index in [9.17, 15) is 4.79 Å². The Balaban J connectivity index is 1.48. The van der Waals surface area contributed by atoms with Crippen LogP contribution in [0.25, 0.3) is 0 Å². The van der Waals surface area contributed by atoms with Crippen molar-refractivity contribution in [3.63, 3.8) is 0 Å². The van der Waals surface area contributed by atoms with Gasteiger partial charge in [-0.25, -0.2) is 0 Å². The lowest BCUT2D eigenvalue weighted by atomic mass is 9.97. The first-order chi connectivity index (χ1) is 11.2. The predicted octanol–water partition coefficient (Wildman–Crippen LogP) is 2.72. The third kappa shape index (κ3) is 2.48. The second-order valence-corrected chi connectivity index (χ2v) is 7.36. The summed E-state index contributed by atoms with van der Waals surface area (Å²) in [6.45, 7) is 8.76. The SMILES string of the molecule is CC1CCCC(C)N1CCN1CCN2C(=O)c3ccccc3C12. The van der Waals surface area contributed by atoms with Gasteiger partial charge in [0, 0.05) is 49.4 Å². The average Bonchev–Trinajstić information content (AvgIpc) is 3.08. The summed E-state index contributed by atoms with van der Waals surface area (Å²) in [5, 5.41) is 0. The van der Waals surface area contributed by atoms with Crippen LogP contribution in [0.15, 0.2) is 24.3 Å². The van der Waals surface area contributed by atoms with Crippen molar-refractivity contribution in [1.82, 2.24) is 14.7 Å². The molecule has 3 heterocycles. The summed E-state index contributed by atoms with van der Waals surface area (Å²) in [5.41, 5.74) is 2.11. The predicted molar refractivity (Wildman–Crippen MR) is 91.3 cm³/mol. The third-order valence-corrected chi connectivity index (χ3v) is 6.02. The van der Waals surface area contributed by atoms with Crippen LogP contribution in [-0.4, -0.2) is 58.9 Å².